The predicted octanol–water partition coefficient (Wildman–Crippen LogP) is 2.36. The minimum Gasteiger partial charge on any atom is -0.462 e. The molecule has 0 fully saturated rings. The van der Waals surface area contributed by atoms with Crippen LogP contribution in [-0.2, 0) is 4.74 Å². The molecule has 0 saturated carbocycles. The van der Waals surface area contributed by atoms with Crippen LogP contribution in [0.4, 0.5) is 14.5 Å². The SMILES string of the molecule is CCOC(=O)c1cc(N)c(C)c(OC(F)F)c1. The van der Waals surface area contributed by atoms with Crippen LogP contribution in [0.25, 0.3) is 0 Å². The van der Waals surface area contributed by atoms with Crippen LogP contribution in [0.5, 0.6) is 5.75 Å². The third-order valence-electron chi connectivity index (χ3n) is 2.13. The van der Waals surface area contributed by atoms with E-state index in [1.54, 1.807) is 6.92 Å². The van der Waals surface area contributed by atoms with Crippen molar-refractivity contribution in [1.29, 1.82) is 0 Å². The van der Waals surface area contributed by atoms with E-state index in [4.69, 9.17) is 10.5 Å². The van der Waals surface area contributed by atoms with Gasteiger partial charge in [-0.15, -0.1) is 0 Å². The lowest BCUT2D eigenvalue weighted by Crippen LogP contribution is -2.09. The van der Waals surface area contributed by atoms with Gasteiger partial charge in [0.1, 0.15) is 5.75 Å². The van der Waals surface area contributed by atoms with Crippen LogP contribution in [0.3, 0.4) is 0 Å². The molecule has 0 spiro atoms. The molecule has 6 heteroatoms. The Labute approximate surface area is 97.3 Å². The summed E-state index contributed by atoms with van der Waals surface area (Å²) < 4.78 is 33.3. The molecule has 0 aliphatic carbocycles. The fourth-order valence-corrected chi connectivity index (χ4v) is 1.26. The van der Waals surface area contributed by atoms with Gasteiger partial charge in [0.2, 0.25) is 0 Å². The highest BCUT2D eigenvalue weighted by atomic mass is 19.3. The molecular formula is C11H13F2NO3. The van der Waals surface area contributed by atoms with E-state index in [-0.39, 0.29) is 23.6 Å². The van der Waals surface area contributed by atoms with Crippen molar-refractivity contribution in [2.45, 2.75) is 20.5 Å². The summed E-state index contributed by atoms with van der Waals surface area (Å²) in [6.07, 6.45) is 0. The Morgan fingerprint density at radius 3 is 2.65 bits per heavy atom. The van der Waals surface area contributed by atoms with E-state index in [0.29, 0.717) is 5.56 Å². The molecular weight excluding hydrogens is 232 g/mol. The third kappa shape index (κ3) is 3.30. The zero-order valence-corrected chi connectivity index (χ0v) is 9.50. The molecule has 0 amide bonds. The highest BCUT2D eigenvalue weighted by molar-refractivity contribution is 5.91. The summed E-state index contributed by atoms with van der Waals surface area (Å²) in [5, 5.41) is 0. The highest BCUT2D eigenvalue weighted by Crippen LogP contribution is 2.27. The van der Waals surface area contributed by atoms with Gasteiger partial charge >= 0.3 is 12.6 Å². The topological polar surface area (TPSA) is 61.5 Å². The zero-order valence-electron chi connectivity index (χ0n) is 9.50. The van der Waals surface area contributed by atoms with Crippen molar-refractivity contribution in [2.24, 2.45) is 0 Å². The fraction of sp³-hybridized carbons (Fsp3) is 0.364. The Balaban J connectivity index is 3.09. The first-order chi connectivity index (χ1) is 7.95. The highest BCUT2D eigenvalue weighted by Gasteiger charge is 2.15. The molecule has 0 saturated heterocycles. The molecule has 1 rings (SSSR count). The largest absolute Gasteiger partial charge is 0.462 e. The first-order valence-corrected chi connectivity index (χ1v) is 4.97. The number of ether oxygens (including phenoxy) is 2. The maximum Gasteiger partial charge on any atom is 0.387 e. The second kappa shape index (κ2) is 5.47. The summed E-state index contributed by atoms with van der Waals surface area (Å²) >= 11 is 0. The van der Waals surface area contributed by atoms with E-state index in [9.17, 15) is 13.6 Å². The number of halogens is 2. The van der Waals surface area contributed by atoms with Crippen molar-refractivity contribution in [1.82, 2.24) is 0 Å². The van der Waals surface area contributed by atoms with Gasteiger partial charge in [0, 0.05) is 11.3 Å². The van der Waals surface area contributed by atoms with E-state index < -0.39 is 12.6 Å². The van der Waals surface area contributed by atoms with Crippen LogP contribution < -0.4 is 10.5 Å². The van der Waals surface area contributed by atoms with Crippen LogP contribution in [0.1, 0.15) is 22.8 Å². The average molecular weight is 245 g/mol. The minimum absolute atomic E-state index is 0.0885. The smallest absolute Gasteiger partial charge is 0.387 e. The van der Waals surface area contributed by atoms with Gasteiger partial charge in [-0.25, -0.2) is 4.79 Å². The van der Waals surface area contributed by atoms with Gasteiger partial charge in [-0.05, 0) is 26.0 Å². The van der Waals surface area contributed by atoms with Gasteiger partial charge in [-0.3, -0.25) is 0 Å². The third-order valence-corrected chi connectivity index (χ3v) is 2.13. The average Bonchev–Trinajstić information content (AvgIpc) is 2.24. The molecule has 0 aliphatic heterocycles. The van der Waals surface area contributed by atoms with Crippen molar-refractivity contribution in [3.05, 3.63) is 23.3 Å². The number of nitrogens with two attached hydrogens (primary N) is 1. The number of benzene rings is 1. The van der Waals surface area contributed by atoms with Crippen molar-refractivity contribution < 1.29 is 23.0 Å². The number of nitrogen functional groups attached to an aromatic ring is 1. The van der Waals surface area contributed by atoms with Crippen molar-refractivity contribution in [3.63, 3.8) is 0 Å². The number of alkyl halides is 2. The Morgan fingerprint density at radius 1 is 1.47 bits per heavy atom. The second-order valence-electron chi connectivity index (χ2n) is 3.29. The van der Waals surface area contributed by atoms with Crippen molar-refractivity contribution in [3.8, 4) is 5.75 Å². The number of rotatable bonds is 4. The number of anilines is 1. The van der Waals surface area contributed by atoms with Gasteiger partial charge in [0.25, 0.3) is 0 Å². The molecule has 1 aromatic rings. The monoisotopic (exact) mass is 245 g/mol. The summed E-state index contributed by atoms with van der Waals surface area (Å²) in [6, 6.07) is 2.56. The molecule has 2 N–H and O–H groups in total. The Bertz CT molecular complexity index is 421. The lowest BCUT2D eigenvalue weighted by molar-refractivity contribution is -0.0503. The van der Waals surface area contributed by atoms with Crippen LogP contribution in [0, 0.1) is 6.92 Å². The summed E-state index contributed by atoms with van der Waals surface area (Å²) in [5.74, 6) is -0.749. The Kier molecular flexibility index (Phi) is 4.25. The van der Waals surface area contributed by atoms with Gasteiger partial charge in [0.15, 0.2) is 0 Å². The number of hydrogen-bond acceptors (Lipinski definition) is 4. The fourth-order valence-electron chi connectivity index (χ4n) is 1.26. The second-order valence-corrected chi connectivity index (χ2v) is 3.29. The summed E-state index contributed by atoms with van der Waals surface area (Å²) in [4.78, 5) is 11.4. The number of carbonyl (C=O) groups excluding carboxylic acids is 1. The molecule has 0 radical (unpaired) electrons. The maximum atomic E-state index is 12.1. The standard InChI is InChI=1S/C11H13F2NO3/c1-3-16-10(15)7-4-8(14)6(2)9(5-7)17-11(12)13/h4-5,11H,3,14H2,1-2H3. The van der Waals surface area contributed by atoms with Crippen molar-refractivity contribution >= 4 is 11.7 Å². The van der Waals surface area contributed by atoms with E-state index in [2.05, 4.69) is 4.74 Å². The van der Waals surface area contributed by atoms with E-state index in [1.807, 2.05) is 0 Å². The molecule has 17 heavy (non-hydrogen) atoms. The molecule has 0 unspecified atom stereocenters. The Morgan fingerprint density at radius 2 is 2.12 bits per heavy atom. The van der Waals surface area contributed by atoms with Crippen LogP contribution in [0.2, 0.25) is 0 Å². The van der Waals surface area contributed by atoms with Crippen LogP contribution in [0.15, 0.2) is 12.1 Å². The minimum atomic E-state index is -2.97. The Hall–Kier alpha value is -1.85. The van der Waals surface area contributed by atoms with E-state index >= 15 is 0 Å². The zero-order chi connectivity index (χ0) is 13.0. The van der Waals surface area contributed by atoms with E-state index in [1.165, 1.54) is 19.1 Å². The number of carbonyl (C=O) groups is 1. The maximum absolute atomic E-state index is 12.1. The molecule has 0 aliphatic rings. The summed E-state index contributed by atoms with van der Waals surface area (Å²) in [7, 11) is 0. The van der Waals surface area contributed by atoms with Crippen LogP contribution >= 0.6 is 0 Å². The summed E-state index contributed by atoms with van der Waals surface area (Å²) in [6.45, 7) is 0.400. The lowest BCUT2D eigenvalue weighted by atomic mass is 10.1. The van der Waals surface area contributed by atoms with E-state index in [0.717, 1.165) is 0 Å². The molecule has 0 bridgehead atoms. The first-order valence-electron chi connectivity index (χ1n) is 4.97. The molecule has 94 valence electrons. The van der Waals surface area contributed by atoms with Gasteiger partial charge in [0.05, 0.1) is 12.2 Å². The van der Waals surface area contributed by atoms with Crippen LogP contribution in [-0.4, -0.2) is 19.2 Å². The predicted molar refractivity (Wildman–Crippen MR) is 58.2 cm³/mol. The quantitative estimate of drug-likeness (QED) is 0.653. The van der Waals surface area contributed by atoms with Gasteiger partial charge in [-0.2, -0.15) is 8.78 Å². The van der Waals surface area contributed by atoms with Gasteiger partial charge < -0.3 is 15.2 Å². The molecule has 0 aromatic heterocycles. The molecule has 0 atom stereocenters. The first kappa shape index (κ1) is 13.2. The molecule has 0 heterocycles. The normalized spacial score (nSPS) is 10.4. The summed E-state index contributed by atoms with van der Waals surface area (Å²) in [5.41, 5.74) is 6.25. The number of esters is 1. The van der Waals surface area contributed by atoms with Gasteiger partial charge in [-0.1, -0.05) is 0 Å². The van der Waals surface area contributed by atoms with Crippen molar-refractivity contribution in [2.75, 3.05) is 12.3 Å². The molecule has 1 aromatic carbocycles. The molecule has 4 nitrogen and oxygen atoms in total. The lowest BCUT2D eigenvalue weighted by Gasteiger charge is -2.12. The number of hydrogen-bond donors (Lipinski definition) is 1.